The number of rotatable bonds is 6. The van der Waals surface area contributed by atoms with Gasteiger partial charge in [0.05, 0.1) is 13.0 Å². The first-order valence-electron chi connectivity index (χ1n) is 7.03. The standard InChI is InChI=1S/C16H23ClFNO2/c1-5-21-15(20)9-16(3,4)8-14(19)11-6-10(2)13(18)7-12(11)17/h6-7,14H,5,8-9,19H2,1-4H3. The molecule has 0 spiro atoms. The predicted molar refractivity (Wildman–Crippen MR) is 82.7 cm³/mol. The number of carbonyl (C=O) groups is 1. The van der Waals surface area contributed by atoms with Gasteiger partial charge in [0.1, 0.15) is 5.82 Å². The van der Waals surface area contributed by atoms with E-state index in [0.717, 1.165) is 0 Å². The Morgan fingerprint density at radius 1 is 1.48 bits per heavy atom. The Balaban J connectivity index is 2.82. The lowest BCUT2D eigenvalue weighted by Crippen LogP contribution is -2.25. The largest absolute Gasteiger partial charge is 0.466 e. The van der Waals surface area contributed by atoms with Crippen LogP contribution in [0.4, 0.5) is 4.39 Å². The molecule has 1 rings (SSSR count). The van der Waals surface area contributed by atoms with Gasteiger partial charge in [0.25, 0.3) is 0 Å². The van der Waals surface area contributed by atoms with Crippen molar-refractivity contribution < 1.29 is 13.9 Å². The topological polar surface area (TPSA) is 52.3 Å². The summed E-state index contributed by atoms with van der Waals surface area (Å²) in [6, 6.07) is 2.59. The molecule has 3 nitrogen and oxygen atoms in total. The van der Waals surface area contributed by atoms with Crippen molar-refractivity contribution in [1.29, 1.82) is 0 Å². The first-order valence-corrected chi connectivity index (χ1v) is 7.41. The summed E-state index contributed by atoms with van der Waals surface area (Å²) in [5.74, 6) is -0.585. The maximum Gasteiger partial charge on any atom is 0.306 e. The summed E-state index contributed by atoms with van der Waals surface area (Å²) < 4.78 is 18.4. The van der Waals surface area contributed by atoms with Gasteiger partial charge in [0, 0.05) is 11.1 Å². The molecule has 1 unspecified atom stereocenters. The maximum absolute atomic E-state index is 13.4. The van der Waals surface area contributed by atoms with Gasteiger partial charge in [-0.25, -0.2) is 4.39 Å². The molecule has 0 aliphatic carbocycles. The number of carbonyl (C=O) groups excluding carboxylic acids is 1. The summed E-state index contributed by atoms with van der Waals surface area (Å²) in [6.07, 6.45) is 0.836. The molecule has 0 bridgehead atoms. The second-order valence-electron chi connectivity index (χ2n) is 6.08. The van der Waals surface area contributed by atoms with Crippen molar-refractivity contribution in [3.8, 4) is 0 Å². The van der Waals surface area contributed by atoms with Crippen LogP contribution in [0.15, 0.2) is 12.1 Å². The van der Waals surface area contributed by atoms with Crippen molar-refractivity contribution in [2.75, 3.05) is 6.61 Å². The average Bonchev–Trinajstić information content (AvgIpc) is 2.32. The molecule has 0 saturated heterocycles. The van der Waals surface area contributed by atoms with Gasteiger partial charge in [-0.2, -0.15) is 0 Å². The molecule has 0 radical (unpaired) electrons. The minimum Gasteiger partial charge on any atom is -0.466 e. The Kier molecular flexibility index (Phi) is 6.17. The van der Waals surface area contributed by atoms with Crippen LogP contribution in [0.5, 0.6) is 0 Å². The molecule has 0 saturated carbocycles. The minimum absolute atomic E-state index is 0.240. The van der Waals surface area contributed by atoms with E-state index in [4.69, 9.17) is 22.1 Å². The fourth-order valence-electron chi connectivity index (χ4n) is 2.34. The molecule has 0 heterocycles. The molecule has 0 aliphatic heterocycles. The molecule has 0 amide bonds. The van der Waals surface area contributed by atoms with E-state index in [-0.39, 0.29) is 29.7 Å². The molecule has 0 aromatic heterocycles. The molecule has 21 heavy (non-hydrogen) atoms. The second-order valence-corrected chi connectivity index (χ2v) is 6.49. The summed E-state index contributed by atoms with van der Waals surface area (Å²) in [7, 11) is 0. The summed E-state index contributed by atoms with van der Waals surface area (Å²) in [6.45, 7) is 7.72. The zero-order chi connectivity index (χ0) is 16.2. The Bertz CT molecular complexity index is 517. The quantitative estimate of drug-likeness (QED) is 0.802. The first-order chi connectivity index (χ1) is 9.66. The number of nitrogens with two attached hydrogens (primary N) is 1. The van der Waals surface area contributed by atoms with Gasteiger partial charge in [-0.15, -0.1) is 0 Å². The van der Waals surface area contributed by atoms with Gasteiger partial charge in [-0.05, 0) is 42.9 Å². The highest BCUT2D eigenvalue weighted by molar-refractivity contribution is 6.31. The van der Waals surface area contributed by atoms with Crippen LogP contribution < -0.4 is 5.73 Å². The van der Waals surface area contributed by atoms with E-state index in [9.17, 15) is 9.18 Å². The molecular weight excluding hydrogens is 293 g/mol. The van der Waals surface area contributed by atoms with Gasteiger partial charge in [0.15, 0.2) is 0 Å². The monoisotopic (exact) mass is 315 g/mol. The number of hydrogen-bond donors (Lipinski definition) is 1. The smallest absolute Gasteiger partial charge is 0.306 e. The zero-order valence-corrected chi connectivity index (χ0v) is 13.8. The third kappa shape index (κ3) is 5.29. The van der Waals surface area contributed by atoms with E-state index in [1.54, 1.807) is 19.9 Å². The number of hydrogen-bond acceptors (Lipinski definition) is 3. The summed E-state index contributed by atoms with van der Waals surface area (Å²) in [4.78, 5) is 11.6. The van der Waals surface area contributed by atoms with E-state index in [1.165, 1.54) is 6.07 Å². The molecule has 1 aromatic carbocycles. The molecule has 2 N–H and O–H groups in total. The van der Waals surface area contributed by atoms with Crippen LogP contribution in [0.2, 0.25) is 5.02 Å². The SMILES string of the molecule is CCOC(=O)CC(C)(C)CC(N)c1cc(C)c(F)cc1Cl. The fraction of sp³-hybridized carbons (Fsp3) is 0.562. The lowest BCUT2D eigenvalue weighted by molar-refractivity contribution is -0.145. The van der Waals surface area contributed by atoms with Crippen LogP contribution in [0, 0.1) is 18.2 Å². The zero-order valence-electron chi connectivity index (χ0n) is 13.0. The Hall–Kier alpha value is -1.13. The number of ether oxygens (including phenoxy) is 1. The third-order valence-electron chi connectivity index (χ3n) is 3.38. The van der Waals surface area contributed by atoms with Crippen molar-refractivity contribution in [2.45, 2.75) is 46.6 Å². The number of halogens is 2. The van der Waals surface area contributed by atoms with Crippen molar-refractivity contribution in [3.05, 3.63) is 34.1 Å². The fourth-order valence-corrected chi connectivity index (χ4v) is 2.63. The Morgan fingerprint density at radius 2 is 2.10 bits per heavy atom. The van der Waals surface area contributed by atoms with Crippen LogP contribution in [-0.2, 0) is 9.53 Å². The number of benzene rings is 1. The van der Waals surface area contributed by atoms with E-state index >= 15 is 0 Å². The summed E-state index contributed by atoms with van der Waals surface area (Å²) in [5.41, 5.74) is 7.08. The predicted octanol–water partition coefficient (Wildman–Crippen LogP) is 4.16. The van der Waals surface area contributed by atoms with Gasteiger partial charge >= 0.3 is 5.97 Å². The van der Waals surface area contributed by atoms with Crippen LogP contribution in [0.25, 0.3) is 0 Å². The highest BCUT2D eigenvalue weighted by Crippen LogP contribution is 2.35. The van der Waals surface area contributed by atoms with E-state index in [0.29, 0.717) is 29.2 Å². The molecule has 1 aromatic rings. The van der Waals surface area contributed by atoms with Gasteiger partial charge < -0.3 is 10.5 Å². The molecule has 0 aliphatic rings. The third-order valence-corrected chi connectivity index (χ3v) is 3.71. The van der Waals surface area contributed by atoms with Crippen LogP contribution in [-0.4, -0.2) is 12.6 Å². The van der Waals surface area contributed by atoms with Crippen molar-refractivity contribution in [2.24, 2.45) is 11.1 Å². The highest BCUT2D eigenvalue weighted by Gasteiger charge is 2.27. The number of aryl methyl sites for hydroxylation is 1. The van der Waals surface area contributed by atoms with E-state index in [1.807, 2.05) is 13.8 Å². The normalized spacial score (nSPS) is 13.1. The van der Waals surface area contributed by atoms with Crippen molar-refractivity contribution in [3.63, 3.8) is 0 Å². The lowest BCUT2D eigenvalue weighted by Gasteiger charge is -2.27. The second kappa shape index (κ2) is 7.23. The summed E-state index contributed by atoms with van der Waals surface area (Å²) in [5, 5.41) is 0.317. The minimum atomic E-state index is -0.360. The van der Waals surface area contributed by atoms with Gasteiger partial charge in [-0.1, -0.05) is 31.5 Å². The van der Waals surface area contributed by atoms with E-state index < -0.39 is 0 Å². The average molecular weight is 316 g/mol. The van der Waals surface area contributed by atoms with Gasteiger partial charge in [-0.3, -0.25) is 4.79 Å². The molecule has 5 heteroatoms. The molecular formula is C16H23ClFNO2. The lowest BCUT2D eigenvalue weighted by atomic mass is 9.81. The molecule has 118 valence electrons. The first kappa shape index (κ1) is 17.9. The van der Waals surface area contributed by atoms with Gasteiger partial charge in [0.2, 0.25) is 0 Å². The molecule has 0 fully saturated rings. The van der Waals surface area contributed by atoms with Crippen LogP contribution in [0.3, 0.4) is 0 Å². The number of esters is 1. The van der Waals surface area contributed by atoms with E-state index in [2.05, 4.69) is 0 Å². The maximum atomic E-state index is 13.4. The highest BCUT2D eigenvalue weighted by atomic mass is 35.5. The Morgan fingerprint density at radius 3 is 2.67 bits per heavy atom. The van der Waals surface area contributed by atoms with Crippen LogP contribution >= 0.6 is 11.6 Å². The Labute approximate surface area is 130 Å². The summed E-state index contributed by atoms with van der Waals surface area (Å²) >= 11 is 6.07. The van der Waals surface area contributed by atoms with Crippen molar-refractivity contribution in [1.82, 2.24) is 0 Å². The van der Waals surface area contributed by atoms with Crippen molar-refractivity contribution >= 4 is 17.6 Å². The molecule has 1 atom stereocenters. The van der Waals surface area contributed by atoms with Crippen LogP contribution in [0.1, 0.15) is 50.8 Å².